The van der Waals surface area contributed by atoms with Gasteiger partial charge in [-0.1, -0.05) is 0 Å². The van der Waals surface area contributed by atoms with Gasteiger partial charge in [0.25, 0.3) is 5.91 Å². The Morgan fingerprint density at radius 3 is 2.57 bits per heavy atom. The molecule has 2 amide bonds. The summed E-state index contributed by atoms with van der Waals surface area (Å²) in [6, 6.07) is 0.347. The van der Waals surface area contributed by atoms with Gasteiger partial charge in [0.05, 0.1) is 18.4 Å². The Labute approximate surface area is 122 Å². The number of rotatable bonds is 2. The molecule has 0 radical (unpaired) electrons. The van der Waals surface area contributed by atoms with Crippen molar-refractivity contribution in [3.63, 3.8) is 0 Å². The van der Waals surface area contributed by atoms with Crippen LogP contribution in [-0.2, 0) is 4.79 Å². The first-order chi connectivity index (χ1) is 9.70. The SMILES string of the molecule is CC(C)(C)NC(=O)[C@@H]1[C@@H](O)[C@@H](O)CN1C(=O)c1ccoc1. The fourth-order valence-electron chi connectivity index (χ4n) is 2.32. The first kappa shape index (κ1) is 15.5. The summed E-state index contributed by atoms with van der Waals surface area (Å²) in [7, 11) is 0. The normalized spacial score (nSPS) is 26.0. The lowest BCUT2D eigenvalue weighted by Crippen LogP contribution is -2.54. The van der Waals surface area contributed by atoms with Crippen LogP contribution in [-0.4, -0.2) is 57.3 Å². The fourth-order valence-corrected chi connectivity index (χ4v) is 2.32. The summed E-state index contributed by atoms with van der Waals surface area (Å²) in [5, 5.41) is 22.5. The smallest absolute Gasteiger partial charge is 0.257 e. The zero-order chi connectivity index (χ0) is 15.8. The minimum atomic E-state index is -1.32. The van der Waals surface area contributed by atoms with Gasteiger partial charge in [-0.2, -0.15) is 0 Å². The molecule has 0 aliphatic carbocycles. The van der Waals surface area contributed by atoms with Gasteiger partial charge in [-0.3, -0.25) is 9.59 Å². The molecule has 1 fully saturated rings. The third kappa shape index (κ3) is 3.25. The molecule has 2 rings (SSSR count). The highest BCUT2D eigenvalue weighted by atomic mass is 16.3. The molecule has 0 aromatic carbocycles. The molecule has 0 unspecified atom stereocenters. The molecular weight excluding hydrogens is 276 g/mol. The second-order valence-electron chi connectivity index (χ2n) is 6.21. The van der Waals surface area contributed by atoms with Gasteiger partial charge in [0.1, 0.15) is 24.5 Å². The molecule has 1 aliphatic rings. The molecule has 1 aromatic rings. The van der Waals surface area contributed by atoms with Gasteiger partial charge in [-0.05, 0) is 26.8 Å². The van der Waals surface area contributed by atoms with Gasteiger partial charge in [0.15, 0.2) is 0 Å². The molecule has 3 atom stereocenters. The van der Waals surface area contributed by atoms with Crippen molar-refractivity contribution in [1.29, 1.82) is 0 Å². The van der Waals surface area contributed by atoms with Crippen molar-refractivity contribution in [2.24, 2.45) is 0 Å². The summed E-state index contributed by atoms with van der Waals surface area (Å²) >= 11 is 0. The van der Waals surface area contributed by atoms with Crippen molar-refractivity contribution in [3.05, 3.63) is 24.2 Å². The van der Waals surface area contributed by atoms with Crippen LogP contribution in [0.4, 0.5) is 0 Å². The summed E-state index contributed by atoms with van der Waals surface area (Å²) in [4.78, 5) is 25.8. The number of nitrogens with zero attached hydrogens (tertiary/aromatic N) is 1. The molecule has 3 N–H and O–H groups in total. The average molecular weight is 296 g/mol. The fraction of sp³-hybridized carbons (Fsp3) is 0.571. The molecule has 7 nitrogen and oxygen atoms in total. The van der Waals surface area contributed by atoms with Crippen molar-refractivity contribution >= 4 is 11.8 Å². The van der Waals surface area contributed by atoms with Crippen LogP contribution in [0.25, 0.3) is 0 Å². The number of hydrogen-bond acceptors (Lipinski definition) is 5. The Morgan fingerprint density at radius 2 is 2.05 bits per heavy atom. The van der Waals surface area contributed by atoms with Crippen molar-refractivity contribution in [2.75, 3.05) is 6.54 Å². The Kier molecular flexibility index (Phi) is 4.06. The molecule has 1 aliphatic heterocycles. The first-order valence-electron chi connectivity index (χ1n) is 6.72. The highest BCUT2D eigenvalue weighted by Crippen LogP contribution is 2.22. The molecule has 0 spiro atoms. The quantitative estimate of drug-likeness (QED) is 0.698. The first-order valence-corrected chi connectivity index (χ1v) is 6.72. The van der Waals surface area contributed by atoms with Crippen LogP contribution in [0.5, 0.6) is 0 Å². The molecule has 2 heterocycles. The number of hydrogen-bond donors (Lipinski definition) is 3. The summed E-state index contributed by atoms with van der Waals surface area (Å²) < 4.78 is 4.85. The van der Waals surface area contributed by atoms with Gasteiger partial charge in [-0.15, -0.1) is 0 Å². The average Bonchev–Trinajstić information content (AvgIpc) is 2.96. The van der Waals surface area contributed by atoms with E-state index in [1.165, 1.54) is 23.5 Å². The summed E-state index contributed by atoms with van der Waals surface area (Å²) in [6.45, 7) is 5.29. The van der Waals surface area contributed by atoms with Gasteiger partial charge in [0, 0.05) is 5.54 Å². The Balaban J connectivity index is 2.23. The molecular formula is C14H20N2O5. The van der Waals surface area contributed by atoms with Gasteiger partial charge >= 0.3 is 0 Å². The molecule has 1 saturated heterocycles. The van der Waals surface area contributed by atoms with E-state index in [1.807, 2.05) is 0 Å². The van der Waals surface area contributed by atoms with E-state index in [4.69, 9.17) is 4.42 Å². The summed E-state index contributed by atoms with van der Waals surface area (Å²) in [5.74, 6) is -0.961. The molecule has 0 saturated carbocycles. The molecule has 21 heavy (non-hydrogen) atoms. The van der Waals surface area contributed by atoms with E-state index in [0.717, 1.165) is 0 Å². The second-order valence-corrected chi connectivity index (χ2v) is 6.21. The maximum absolute atomic E-state index is 12.3. The lowest BCUT2D eigenvalue weighted by molar-refractivity contribution is -0.129. The number of aliphatic hydroxyl groups is 2. The number of β-amino-alcohol motifs (C(OH)–C–C–N with tert-alkyl or cyclic N) is 1. The highest BCUT2D eigenvalue weighted by Gasteiger charge is 2.47. The van der Waals surface area contributed by atoms with Gasteiger partial charge in [0.2, 0.25) is 5.91 Å². The molecule has 116 valence electrons. The van der Waals surface area contributed by atoms with E-state index in [0.29, 0.717) is 0 Å². The van der Waals surface area contributed by atoms with Crippen LogP contribution in [0, 0.1) is 0 Å². The molecule has 0 bridgehead atoms. The van der Waals surface area contributed by atoms with E-state index in [2.05, 4.69) is 5.32 Å². The number of carbonyl (C=O) groups excluding carboxylic acids is 2. The Morgan fingerprint density at radius 1 is 1.38 bits per heavy atom. The number of nitrogens with one attached hydrogen (secondary N) is 1. The second kappa shape index (κ2) is 5.50. The Hall–Kier alpha value is -1.86. The zero-order valence-corrected chi connectivity index (χ0v) is 12.2. The van der Waals surface area contributed by atoms with E-state index in [-0.39, 0.29) is 12.1 Å². The molecule has 7 heteroatoms. The lowest BCUT2D eigenvalue weighted by atomic mass is 10.1. The van der Waals surface area contributed by atoms with Crippen LogP contribution in [0.2, 0.25) is 0 Å². The maximum Gasteiger partial charge on any atom is 0.257 e. The number of aliphatic hydroxyl groups excluding tert-OH is 2. The Bertz CT molecular complexity index is 520. The van der Waals surface area contributed by atoms with Crippen LogP contribution in [0.1, 0.15) is 31.1 Å². The van der Waals surface area contributed by atoms with Crippen LogP contribution in [0.3, 0.4) is 0 Å². The van der Waals surface area contributed by atoms with E-state index in [1.54, 1.807) is 20.8 Å². The van der Waals surface area contributed by atoms with Crippen LogP contribution in [0.15, 0.2) is 23.0 Å². The zero-order valence-electron chi connectivity index (χ0n) is 12.2. The minimum absolute atomic E-state index is 0.104. The van der Waals surface area contributed by atoms with Crippen molar-refractivity contribution in [1.82, 2.24) is 10.2 Å². The predicted molar refractivity (Wildman–Crippen MR) is 73.4 cm³/mol. The number of amides is 2. The third-order valence-electron chi connectivity index (χ3n) is 3.23. The third-order valence-corrected chi connectivity index (χ3v) is 3.23. The topological polar surface area (TPSA) is 103 Å². The number of furan rings is 1. The largest absolute Gasteiger partial charge is 0.472 e. The summed E-state index contributed by atoms with van der Waals surface area (Å²) in [5.41, 5.74) is -0.237. The van der Waals surface area contributed by atoms with E-state index < -0.39 is 35.6 Å². The van der Waals surface area contributed by atoms with Crippen molar-refractivity contribution in [2.45, 2.75) is 44.6 Å². The minimum Gasteiger partial charge on any atom is -0.472 e. The van der Waals surface area contributed by atoms with Crippen molar-refractivity contribution in [3.8, 4) is 0 Å². The van der Waals surface area contributed by atoms with Crippen LogP contribution < -0.4 is 5.32 Å². The lowest BCUT2D eigenvalue weighted by Gasteiger charge is -2.29. The number of carbonyl (C=O) groups is 2. The number of likely N-dealkylation sites (tertiary alicyclic amines) is 1. The van der Waals surface area contributed by atoms with Gasteiger partial charge in [-0.25, -0.2) is 0 Å². The van der Waals surface area contributed by atoms with E-state index in [9.17, 15) is 19.8 Å². The molecule has 1 aromatic heterocycles. The highest BCUT2D eigenvalue weighted by molar-refractivity contribution is 5.98. The standard InChI is InChI=1S/C14H20N2O5/c1-14(2,3)15-12(19)10-11(18)9(17)6-16(10)13(20)8-4-5-21-7-8/h4-5,7,9-11,17-18H,6H2,1-3H3,(H,15,19)/t9-,10-,11-/m0/s1. The monoisotopic (exact) mass is 296 g/mol. The van der Waals surface area contributed by atoms with Crippen LogP contribution >= 0.6 is 0 Å². The van der Waals surface area contributed by atoms with Gasteiger partial charge < -0.3 is 24.8 Å². The van der Waals surface area contributed by atoms with Crippen molar-refractivity contribution < 1.29 is 24.2 Å². The predicted octanol–water partition coefficient (Wildman–Crippen LogP) is -0.260. The summed E-state index contributed by atoms with van der Waals surface area (Å²) in [6.07, 6.45) is 0.137. The van der Waals surface area contributed by atoms with E-state index >= 15 is 0 Å². The maximum atomic E-state index is 12.3.